The highest BCUT2D eigenvalue weighted by molar-refractivity contribution is 7.47. The first-order valence-corrected chi connectivity index (χ1v) is 40.8. The van der Waals surface area contributed by atoms with Crippen LogP contribution in [0.25, 0.3) is 0 Å². The molecule has 0 saturated carbocycles. The van der Waals surface area contributed by atoms with Crippen molar-refractivity contribution in [1.29, 1.82) is 0 Å². The molecule has 19 heteroatoms. The van der Waals surface area contributed by atoms with E-state index < -0.39 is 97.5 Å². The third-order valence-electron chi connectivity index (χ3n) is 16.9. The van der Waals surface area contributed by atoms with Gasteiger partial charge in [-0.2, -0.15) is 0 Å². The van der Waals surface area contributed by atoms with Gasteiger partial charge in [-0.1, -0.05) is 318 Å². The lowest BCUT2D eigenvalue weighted by Crippen LogP contribution is -2.30. The van der Waals surface area contributed by atoms with Crippen LogP contribution in [0.3, 0.4) is 0 Å². The maximum atomic E-state index is 13.1. The van der Waals surface area contributed by atoms with E-state index in [1.54, 1.807) is 0 Å². The molecule has 0 aromatic heterocycles. The van der Waals surface area contributed by atoms with Gasteiger partial charge < -0.3 is 33.8 Å². The summed E-state index contributed by atoms with van der Waals surface area (Å²) in [6, 6.07) is 0. The highest BCUT2D eigenvalue weighted by Crippen LogP contribution is 2.45. The van der Waals surface area contributed by atoms with E-state index in [1.807, 2.05) is 0 Å². The molecule has 0 heterocycles. The van der Waals surface area contributed by atoms with Crippen molar-refractivity contribution >= 4 is 39.5 Å². The summed E-state index contributed by atoms with van der Waals surface area (Å²) in [7, 11) is -9.90. The largest absolute Gasteiger partial charge is 0.472 e. The SMILES string of the molecule is CCCCCCCCCCC(=O)OC[C@H](COP(=O)(O)OC[C@H](O)COP(=O)(O)OC[C@@H](COC(=O)CCCCCCCCCCCCCC(C)C)OC(=O)CCCCCCCCCCCCCCCCCCC(C)C)OC(=O)CCCCCCCCCCC(C)C. The van der Waals surface area contributed by atoms with E-state index in [4.69, 9.17) is 37.0 Å². The summed E-state index contributed by atoms with van der Waals surface area (Å²) in [5.41, 5.74) is 0. The van der Waals surface area contributed by atoms with Crippen LogP contribution in [0.5, 0.6) is 0 Å². The van der Waals surface area contributed by atoms with Gasteiger partial charge in [0.1, 0.15) is 19.3 Å². The second kappa shape index (κ2) is 63.8. The number of unbranched alkanes of at least 4 members (excludes halogenated alkanes) is 39. The van der Waals surface area contributed by atoms with Gasteiger partial charge in [-0.3, -0.25) is 37.3 Å². The van der Waals surface area contributed by atoms with Crippen LogP contribution in [-0.2, 0) is 65.4 Å². The van der Waals surface area contributed by atoms with Gasteiger partial charge in [-0.25, -0.2) is 9.13 Å². The maximum Gasteiger partial charge on any atom is 0.472 e. The molecular formula is C73H142O17P2. The van der Waals surface area contributed by atoms with Crippen molar-refractivity contribution in [2.24, 2.45) is 17.8 Å². The van der Waals surface area contributed by atoms with Gasteiger partial charge in [0.05, 0.1) is 26.4 Å². The van der Waals surface area contributed by atoms with E-state index in [-0.39, 0.29) is 25.7 Å². The molecule has 17 nitrogen and oxygen atoms in total. The van der Waals surface area contributed by atoms with Crippen LogP contribution in [0.1, 0.15) is 370 Å². The Hall–Kier alpha value is -1.94. The summed E-state index contributed by atoms with van der Waals surface area (Å²) in [6.07, 6.45) is 48.7. The Labute approximate surface area is 562 Å². The van der Waals surface area contributed by atoms with E-state index in [2.05, 4.69) is 48.5 Å². The number of hydrogen-bond donors (Lipinski definition) is 3. The third kappa shape index (κ3) is 66.7. The van der Waals surface area contributed by atoms with E-state index >= 15 is 0 Å². The minimum absolute atomic E-state index is 0.104. The molecule has 0 bridgehead atoms. The quantitative estimate of drug-likeness (QED) is 0.0222. The minimum atomic E-state index is -4.95. The molecule has 92 heavy (non-hydrogen) atoms. The average molecular weight is 1350 g/mol. The lowest BCUT2D eigenvalue weighted by Gasteiger charge is -2.21. The summed E-state index contributed by atoms with van der Waals surface area (Å²) in [6.45, 7) is 11.8. The Balaban J connectivity index is 5.20. The molecule has 0 aliphatic carbocycles. The van der Waals surface area contributed by atoms with Crippen molar-refractivity contribution in [2.45, 2.75) is 388 Å². The molecule has 0 saturated heterocycles. The molecule has 0 fully saturated rings. The Morgan fingerprint density at radius 1 is 0.293 bits per heavy atom. The first-order chi connectivity index (χ1) is 44.2. The fourth-order valence-electron chi connectivity index (χ4n) is 11.1. The van der Waals surface area contributed by atoms with Gasteiger partial charge in [0.2, 0.25) is 0 Å². The molecule has 2 unspecified atom stereocenters. The van der Waals surface area contributed by atoms with Crippen molar-refractivity contribution in [3.05, 3.63) is 0 Å². The third-order valence-corrected chi connectivity index (χ3v) is 18.8. The molecule has 5 atom stereocenters. The fraction of sp³-hybridized carbons (Fsp3) is 0.945. The molecule has 0 radical (unpaired) electrons. The van der Waals surface area contributed by atoms with E-state index in [9.17, 15) is 43.2 Å². The number of carbonyl (C=O) groups is 4. The highest BCUT2D eigenvalue weighted by Gasteiger charge is 2.30. The first-order valence-electron chi connectivity index (χ1n) is 37.8. The highest BCUT2D eigenvalue weighted by atomic mass is 31.2. The molecule has 0 spiro atoms. The molecular weight excluding hydrogens is 1210 g/mol. The Morgan fingerprint density at radius 2 is 0.500 bits per heavy atom. The Bertz CT molecular complexity index is 1800. The maximum absolute atomic E-state index is 13.1. The molecule has 0 amide bonds. The Morgan fingerprint density at radius 3 is 0.739 bits per heavy atom. The summed E-state index contributed by atoms with van der Waals surface area (Å²) >= 11 is 0. The van der Waals surface area contributed by atoms with Crippen molar-refractivity contribution in [2.75, 3.05) is 39.6 Å². The van der Waals surface area contributed by atoms with Gasteiger partial charge >= 0.3 is 39.5 Å². The molecule has 0 aromatic carbocycles. The first kappa shape index (κ1) is 90.1. The zero-order valence-corrected chi connectivity index (χ0v) is 61.8. The number of phosphoric ester groups is 2. The van der Waals surface area contributed by atoms with Crippen molar-refractivity contribution in [1.82, 2.24) is 0 Å². The zero-order chi connectivity index (χ0) is 68.0. The number of esters is 4. The lowest BCUT2D eigenvalue weighted by atomic mass is 10.0. The molecule has 546 valence electrons. The average Bonchev–Trinajstić information content (AvgIpc) is 1.95. The summed E-state index contributed by atoms with van der Waals surface area (Å²) in [5.74, 6) is 0.173. The zero-order valence-electron chi connectivity index (χ0n) is 60.0. The number of hydrogen-bond acceptors (Lipinski definition) is 15. The van der Waals surface area contributed by atoms with E-state index in [0.717, 1.165) is 114 Å². The minimum Gasteiger partial charge on any atom is -0.462 e. The van der Waals surface area contributed by atoms with Gasteiger partial charge in [-0.15, -0.1) is 0 Å². The number of rotatable bonds is 71. The fourth-order valence-corrected chi connectivity index (χ4v) is 12.7. The van der Waals surface area contributed by atoms with E-state index in [1.165, 1.54) is 173 Å². The van der Waals surface area contributed by atoms with Gasteiger partial charge in [0.15, 0.2) is 12.2 Å². The van der Waals surface area contributed by atoms with E-state index in [0.29, 0.717) is 25.7 Å². The van der Waals surface area contributed by atoms with Crippen LogP contribution in [0.4, 0.5) is 0 Å². The van der Waals surface area contributed by atoms with Crippen LogP contribution >= 0.6 is 15.6 Å². The predicted molar refractivity (Wildman–Crippen MR) is 372 cm³/mol. The van der Waals surface area contributed by atoms with Crippen LogP contribution in [0.15, 0.2) is 0 Å². The van der Waals surface area contributed by atoms with Crippen molar-refractivity contribution in [3.8, 4) is 0 Å². The van der Waals surface area contributed by atoms with Gasteiger partial charge in [-0.05, 0) is 43.4 Å². The number of aliphatic hydroxyl groups excluding tert-OH is 1. The second-order valence-corrected chi connectivity index (χ2v) is 30.7. The second-order valence-electron chi connectivity index (χ2n) is 27.8. The van der Waals surface area contributed by atoms with Crippen LogP contribution in [0.2, 0.25) is 0 Å². The standard InChI is InChI=1S/C73H142O17P2/c1-8-9-10-11-12-33-40-47-54-70(75)83-60-68(90-73(78)57-50-43-36-29-28-32-39-46-53-66(6)7)62-87-91(79,80)85-58-67(74)59-86-92(81,82)88-63-69(61-84-71(76)55-48-41-34-26-23-19-21-25-31-38-45-52-65(4)5)89-72(77)56-49-42-35-27-22-18-16-14-13-15-17-20-24-30-37-44-51-64(2)3/h64-69,74H,8-63H2,1-7H3,(H,79,80)(H,81,82)/t67-,68+,69+/m0/s1. The summed E-state index contributed by atoms with van der Waals surface area (Å²) in [5, 5.41) is 10.6. The van der Waals surface area contributed by atoms with Crippen molar-refractivity contribution < 1.29 is 80.2 Å². The summed E-state index contributed by atoms with van der Waals surface area (Å²) in [4.78, 5) is 72.6. The molecule has 0 rings (SSSR count). The van der Waals surface area contributed by atoms with Crippen molar-refractivity contribution in [3.63, 3.8) is 0 Å². The van der Waals surface area contributed by atoms with Gasteiger partial charge in [0, 0.05) is 25.7 Å². The van der Waals surface area contributed by atoms with Crippen LogP contribution in [0, 0.1) is 17.8 Å². The number of ether oxygens (including phenoxy) is 4. The lowest BCUT2D eigenvalue weighted by molar-refractivity contribution is -0.161. The van der Waals surface area contributed by atoms with Crippen LogP contribution in [-0.4, -0.2) is 96.7 Å². The summed E-state index contributed by atoms with van der Waals surface area (Å²) < 4.78 is 68.3. The topological polar surface area (TPSA) is 237 Å². The predicted octanol–water partition coefficient (Wildman–Crippen LogP) is 21.0. The monoisotopic (exact) mass is 1350 g/mol. The molecule has 0 aliphatic rings. The smallest absolute Gasteiger partial charge is 0.462 e. The number of carbonyl (C=O) groups excluding carboxylic acids is 4. The number of phosphoric acid groups is 2. The molecule has 0 aliphatic heterocycles. The Kier molecular flexibility index (Phi) is 62.4. The normalized spacial score (nSPS) is 14.1. The molecule has 3 N–H and O–H groups in total. The molecule has 0 aromatic rings. The van der Waals surface area contributed by atoms with Gasteiger partial charge in [0.25, 0.3) is 0 Å². The van der Waals surface area contributed by atoms with Crippen LogP contribution < -0.4 is 0 Å². The number of aliphatic hydroxyl groups is 1.